The summed E-state index contributed by atoms with van der Waals surface area (Å²) in [4.78, 5) is 13.8. The van der Waals surface area contributed by atoms with E-state index in [0.29, 0.717) is 31.7 Å². The average Bonchev–Trinajstić information content (AvgIpc) is 2.72. The first-order valence-corrected chi connectivity index (χ1v) is 6.77. The quantitative estimate of drug-likeness (QED) is 0.779. The first kappa shape index (κ1) is 14.2. The van der Waals surface area contributed by atoms with E-state index >= 15 is 0 Å². The van der Waals surface area contributed by atoms with Crippen molar-refractivity contribution >= 4 is 5.91 Å². The van der Waals surface area contributed by atoms with Crippen molar-refractivity contribution in [2.45, 2.75) is 43.9 Å². The Morgan fingerprint density at radius 2 is 1.71 bits per heavy atom. The van der Waals surface area contributed by atoms with Gasteiger partial charge in [-0.3, -0.25) is 4.79 Å². The fraction of sp³-hybridized carbons (Fsp3) is 0.500. The van der Waals surface area contributed by atoms with Crippen LogP contribution in [0.3, 0.4) is 0 Å². The van der Waals surface area contributed by atoms with Crippen molar-refractivity contribution in [3.05, 3.63) is 29.1 Å². The lowest BCUT2D eigenvalue weighted by Gasteiger charge is -2.37. The summed E-state index contributed by atoms with van der Waals surface area (Å²) in [6, 6.07) is -0.00110. The Hall–Kier alpha value is -1.76. The molecule has 0 saturated carbocycles. The summed E-state index contributed by atoms with van der Waals surface area (Å²) in [6.07, 6.45) is 1.64. The molecule has 1 aromatic rings. The van der Waals surface area contributed by atoms with Crippen molar-refractivity contribution in [1.82, 2.24) is 4.90 Å². The monoisotopic (exact) mass is 301 g/mol. The third-order valence-corrected chi connectivity index (χ3v) is 4.31. The summed E-state index contributed by atoms with van der Waals surface area (Å²) < 4.78 is 40.2. The second kappa shape index (κ2) is 4.91. The first-order valence-electron chi connectivity index (χ1n) is 6.77. The van der Waals surface area contributed by atoms with Gasteiger partial charge in [0.1, 0.15) is 0 Å². The highest BCUT2D eigenvalue weighted by atomic mass is 19.2. The number of fused-ring (bicyclic) bond motifs is 2. The van der Waals surface area contributed by atoms with Gasteiger partial charge in [0, 0.05) is 12.1 Å². The zero-order chi connectivity index (χ0) is 15.3. The van der Waals surface area contributed by atoms with Gasteiger partial charge in [0.25, 0.3) is 5.91 Å². The zero-order valence-corrected chi connectivity index (χ0v) is 11.0. The summed E-state index contributed by atoms with van der Waals surface area (Å²) >= 11 is 0. The molecule has 3 rings (SSSR count). The van der Waals surface area contributed by atoms with E-state index in [9.17, 15) is 28.2 Å². The van der Waals surface area contributed by atoms with Crippen LogP contribution in [0.1, 0.15) is 36.0 Å². The maximum absolute atomic E-state index is 13.8. The Labute approximate surface area is 118 Å². The smallest absolute Gasteiger partial charge is 0.257 e. The Bertz CT molecular complexity index is 594. The summed E-state index contributed by atoms with van der Waals surface area (Å²) in [7, 11) is 0. The number of hydrogen-bond donors (Lipinski definition) is 2. The minimum absolute atomic E-state index is 0.235. The van der Waals surface area contributed by atoms with E-state index in [0.717, 1.165) is 0 Å². The van der Waals surface area contributed by atoms with Crippen LogP contribution < -0.4 is 0 Å². The molecule has 2 bridgehead atoms. The van der Waals surface area contributed by atoms with Gasteiger partial charge in [-0.15, -0.1) is 0 Å². The van der Waals surface area contributed by atoms with Crippen LogP contribution in [0.25, 0.3) is 0 Å². The zero-order valence-electron chi connectivity index (χ0n) is 11.0. The fourth-order valence-corrected chi connectivity index (χ4v) is 3.37. The third kappa shape index (κ3) is 2.16. The average molecular weight is 301 g/mol. The molecule has 1 amide bonds. The molecule has 2 aliphatic rings. The Morgan fingerprint density at radius 1 is 1.14 bits per heavy atom. The number of carbonyl (C=O) groups excluding carboxylic acids is 1. The second-order valence-corrected chi connectivity index (χ2v) is 5.61. The topological polar surface area (TPSA) is 60.8 Å². The van der Waals surface area contributed by atoms with Gasteiger partial charge < -0.3 is 15.1 Å². The van der Waals surface area contributed by atoms with Crippen molar-refractivity contribution in [2.24, 2.45) is 0 Å². The number of rotatable bonds is 1. The number of carbonyl (C=O) groups is 1. The number of aliphatic hydroxyl groups excluding tert-OH is 1. The number of amides is 1. The molecule has 0 radical (unpaired) electrons. The number of piperidine rings is 1. The highest BCUT2D eigenvalue weighted by molar-refractivity contribution is 5.95. The van der Waals surface area contributed by atoms with Gasteiger partial charge in [-0.2, -0.15) is 4.39 Å². The Kier molecular flexibility index (Phi) is 3.32. The van der Waals surface area contributed by atoms with Crippen molar-refractivity contribution < 1.29 is 28.2 Å². The molecule has 2 fully saturated rings. The number of aromatic hydroxyl groups is 1. The predicted octanol–water partition coefficient (Wildman–Crippen LogP) is 1.94. The van der Waals surface area contributed by atoms with Gasteiger partial charge in [0.2, 0.25) is 5.82 Å². The maximum atomic E-state index is 13.8. The lowest BCUT2D eigenvalue weighted by Crippen LogP contribution is -2.48. The molecule has 2 saturated heterocycles. The highest BCUT2D eigenvalue weighted by Gasteiger charge is 2.44. The van der Waals surface area contributed by atoms with E-state index < -0.39 is 40.8 Å². The maximum Gasteiger partial charge on any atom is 0.257 e. The fourth-order valence-electron chi connectivity index (χ4n) is 3.37. The molecule has 0 aromatic heterocycles. The molecule has 4 nitrogen and oxygen atoms in total. The number of phenolic OH excluding ortho intramolecular Hbond substituents is 1. The molecule has 114 valence electrons. The Balaban J connectivity index is 1.97. The highest BCUT2D eigenvalue weighted by Crippen LogP contribution is 2.38. The van der Waals surface area contributed by atoms with Crippen LogP contribution in [0.15, 0.2) is 6.07 Å². The molecule has 2 aliphatic heterocycles. The number of nitrogens with zero attached hydrogens (tertiary/aromatic N) is 1. The van der Waals surface area contributed by atoms with Crippen LogP contribution in [0.2, 0.25) is 0 Å². The lowest BCUT2D eigenvalue weighted by atomic mass is 9.98. The lowest BCUT2D eigenvalue weighted by molar-refractivity contribution is 0.0282. The van der Waals surface area contributed by atoms with Crippen LogP contribution in [0, 0.1) is 17.5 Å². The van der Waals surface area contributed by atoms with Crippen molar-refractivity contribution in [3.8, 4) is 5.75 Å². The summed E-state index contributed by atoms with van der Waals surface area (Å²) in [5.74, 6) is -6.89. The van der Waals surface area contributed by atoms with E-state index in [4.69, 9.17) is 0 Å². The molecule has 1 aromatic carbocycles. The van der Waals surface area contributed by atoms with Crippen molar-refractivity contribution in [1.29, 1.82) is 0 Å². The van der Waals surface area contributed by atoms with Crippen LogP contribution in [0.5, 0.6) is 5.75 Å². The van der Waals surface area contributed by atoms with Crippen LogP contribution in [0.4, 0.5) is 13.2 Å². The van der Waals surface area contributed by atoms with Gasteiger partial charge in [0.15, 0.2) is 17.4 Å². The molecule has 21 heavy (non-hydrogen) atoms. The summed E-state index contributed by atoms with van der Waals surface area (Å²) in [5.41, 5.74) is -0.681. The van der Waals surface area contributed by atoms with E-state index in [2.05, 4.69) is 0 Å². The largest absolute Gasteiger partial charge is 0.503 e. The molecular formula is C14H14F3NO3. The van der Waals surface area contributed by atoms with Crippen molar-refractivity contribution in [2.75, 3.05) is 0 Å². The standard InChI is InChI=1S/C14H14F3NO3/c15-10-5-9(11(16)13(20)12(10)17)14(21)18-6-1-2-7(18)4-8(19)3-6/h5-8,19-20H,1-4H2. The van der Waals surface area contributed by atoms with E-state index in [1.54, 1.807) is 0 Å². The number of halogens is 3. The first-order chi connectivity index (χ1) is 9.90. The Morgan fingerprint density at radius 3 is 2.29 bits per heavy atom. The van der Waals surface area contributed by atoms with Gasteiger partial charge >= 0.3 is 0 Å². The summed E-state index contributed by atoms with van der Waals surface area (Å²) in [5, 5.41) is 18.9. The number of phenols is 1. The molecule has 0 spiro atoms. The second-order valence-electron chi connectivity index (χ2n) is 5.61. The molecule has 2 unspecified atom stereocenters. The van der Waals surface area contributed by atoms with Crippen LogP contribution >= 0.6 is 0 Å². The molecular weight excluding hydrogens is 287 g/mol. The molecule has 2 atom stereocenters. The van der Waals surface area contributed by atoms with Crippen LogP contribution in [-0.2, 0) is 0 Å². The molecule has 7 heteroatoms. The third-order valence-electron chi connectivity index (χ3n) is 4.31. The molecule has 0 aliphatic carbocycles. The van der Waals surface area contributed by atoms with Gasteiger partial charge in [-0.05, 0) is 31.7 Å². The predicted molar refractivity (Wildman–Crippen MR) is 66.2 cm³/mol. The number of benzene rings is 1. The van der Waals surface area contributed by atoms with E-state index in [-0.39, 0.29) is 12.1 Å². The van der Waals surface area contributed by atoms with Crippen LogP contribution in [-0.4, -0.2) is 39.2 Å². The number of aliphatic hydroxyl groups is 1. The van der Waals surface area contributed by atoms with Crippen molar-refractivity contribution in [3.63, 3.8) is 0 Å². The van der Waals surface area contributed by atoms with Gasteiger partial charge in [0.05, 0.1) is 11.7 Å². The van der Waals surface area contributed by atoms with Gasteiger partial charge in [-0.1, -0.05) is 0 Å². The molecule has 2 N–H and O–H groups in total. The SMILES string of the molecule is O=C(c1cc(F)c(F)c(O)c1F)N1C2CCC1CC(O)C2. The van der Waals surface area contributed by atoms with Gasteiger partial charge in [-0.25, -0.2) is 8.78 Å². The minimum atomic E-state index is -1.71. The minimum Gasteiger partial charge on any atom is -0.503 e. The normalized spacial score (nSPS) is 28.0. The molecule has 2 heterocycles. The summed E-state index contributed by atoms with van der Waals surface area (Å²) in [6.45, 7) is 0. The van der Waals surface area contributed by atoms with E-state index in [1.165, 1.54) is 4.90 Å². The number of hydrogen-bond acceptors (Lipinski definition) is 3. The van der Waals surface area contributed by atoms with E-state index in [1.807, 2.05) is 0 Å².